The van der Waals surface area contributed by atoms with Gasteiger partial charge in [0.1, 0.15) is 0 Å². The topological polar surface area (TPSA) is 12.5 Å². The van der Waals surface area contributed by atoms with E-state index in [-0.39, 0.29) is 20.5 Å². The van der Waals surface area contributed by atoms with Gasteiger partial charge in [-0.25, -0.2) is 0 Å². The molecule has 6 heteroatoms. The average molecular weight is 804 g/mol. The van der Waals surface area contributed by atoms with Crippen molar-refractivity contribution in [1.82, 2.24) is 4.90 Å². The molecule has 0 spiro atoms. The van der Waals surface area contributed by atoms with Crippen molar-refractivity contribution in [2.24, 2.45) is 41.4 Å². The summed E-state index contributed by atoms with van der Waals surface area (Å²) in [5.41, 5.74) is 3.15. The zero-order valence-electron chi connectivity index (χ0n) is 32.0. The van der Waals surface area contributed by atoms with Gasteiger partial charge < -0.3 is 19.6 Å². The summed E-state index contributed by atoms with van der Waals surface area (Å²) in [7, 11) is 10.5. The van der Waals surface area contributed by atoms with Crippen LogP contribution < -0.4 is 0 Å². The van der Waals surface area contributed by atoms with Crippen LogP contribution in [0.25, 0.3) is 0 Å². The molecule has 49 heavy (non-hydrogen) atoms. The van der Waals surface area contributed by atoms with Crippen LogP contribution in [0.15, 0.2) is 85.1 Å². The Kier molecular flexibility index (Phi) is 16.9. The summed E-state index contributed by atoms with van der Waals surface area (Å²) < 4.78 is 6.08. The van der Waals surface area contributed by atoms with Crippen LogP contribution in [0.4, 0.5) is 0 Å². The summed E-state index contributed by atoms with van der Waals surface area (Å²) in [6.07, 6.45) is 39.0. The van der Waals surface area contributed by atoms with E-state index in [4.69, 9.17) is 21.8 Å². The van der Waals surface area contributed by atoms with Crippen LogP contribution in [-0.2, 0) is 25.6 Å². The molecule has 0 radical (unpaired) electrons. The third-order valence-corrected chi connectivity index (χ3v) is 19.0. The Morgan fingerprint density at radius 3 is 2.18 bits per heavy atom. The number of nitrogens with zero attached hydrogens (tertiary/aromatic N) is 1. The number of allylic oxidation sites excluding steroid dienone is 10. The van der Waals surface area contributed by atoms with E-state index in [1.165, 1.54) is 50.1 Å². The van der Waals surface area contributed by atoms with Gasteiger partial charge in [-0.1, -0.05) is 110 Å². The zero-order valence-corrected chi connectivity index (χ0v) is 36.9. The van der Waals surface area contributed by atoms with Crippen LogP contribution in [0.5, 0.6) is 0 Å². The molecule has 0 bridgehead atoms. The first-order valence-corrected chi connectivity index (χ1v) is 27.7. The molecule has 5 aliphatic carbocycles. The van der Waals surface area contributed by atoms with Crippen molar-refractivity contribution < 1.29 is 25.6 Å². The number of halogens is 2. The van der Waals surface area contributed by atoms with Gasteiger partial charge in [0.2, 0.25) is 0 Å². The third-order valence-electron chi connectivity index (χ3n) is 12.9. The number of hydrogen-bond donors (Lipinski definition) is 0. The van der Waals surface area contributed by atoms with Gasteiger partial charge >= 0.3 is 37.9 Å². The molecule has 1 aliphatic heterocycles. The molecule has 2 saturated carbocycles. The third kappa shape index (κ3) is 9.48. The Morgan fingerprint density at radius 2 is 1.53 bits per heavy atom. The predicted octanol–water partition coefficient (Wildman–Crippen LogP) is 12.6. The van der Waals surface area contributed by atoms with E-state index in [0.29, 0.717) is 29.8 Å². The average Bonchev–Trinajstić information content (AvgIpc) is 3.68. The van der Waals surface area contributed by atoms with Crippen LogP contribution in [0.2, 0.25) is 23.7 Å². The number of likely N-dealkylation sites (tertiary alicyclic amines) is 1. The van der Waals surface area contributed by atoms with Crippen LogP contribution in [0.1, 0.15) is 72.6 Å². The molecule has 12 atom stereocenters. The predicted molar refractivity (Wildman–Crippen MR) is 216 cm³/mol. The van der Waals surface area contributed by atoms with Gasteiger partial charge in [0.15, 0.2) is 0 Å². The quantitative estimate of drug-likeness (QED) is 0.0843. The van der Waals surface area contributed by atoms with Gasteiger partial charge in [-0.15, -0.1) is 6.58 Å². The van der Waals surface area contributed by atoms with Crippen molar-refractivity contribution in [3.63, 3.8) is 0 Å². The molecule has 1 heterocycles. The van der Waals surface area contributed by atoms with E-state index in [2.05, 4.69) is 126 Å². The maximum atomic E-state index is 6.08. The van der Waals surface area contributed by atoms with E-state index in [1.54, 1.807) is 0 Å². The van der Waals surface area contributed by atoms with E-state index in [1.807, 2.05) is 0 Å². The molecule has 3 fully saturated rings. The monoisotopic (exact) mass is 801 g/mol. The van der Waals surface area contributed by atoms with Crippen LogP contribution >= 0.6 is 17.0 Å². The molecule has 0 aromatic rings. The minimum atomic E-state index is -1.80. The van der Waals surface area contributed by atoms with Gasteiger partial charge in [0.05, 0.1) is 13.7 Å². The summed E-state index contributed by atoms with van der Waals surface area (Å²) >= 11 is -0.826. The molecule has 6 aliphatic rings. The number of rotatable bonds is 12. The summed E-state index contributed by atoms with van der Waals surface area (Å²) in [4.78, 5) is 2.81. The molecule has 0 N–H and O–H groups in total. The van der Waals surface area contributed by atoms with E-state index >= 15 is 0 Å². The number of likely N-dealkylation sites (N-methyl/N-ethyl adjacent to an activating group) is 1. The molecular weight excluding hydrogens is 737 g/mol. The second kappa shape index (κ2) is 19.2. The van der Waals surface area contributed by atoms with Gasteiger partial charge in [-0.3, -0.25) is 4.90 Å². The molecule has 12 unspecified atom stereocenters. The van der Waals surface area contributed by atoms with Gasteiger partial charge in [0.25, 0.3) is 0 Å². The normalized spacial score (nSPS) is 36.1. The fourth-order valence-corrected chi connectivity index (χ4v) is 18.0. The fraction of sp³-hybridized carbons (Fsp3) is 0.628. The van der Waals surface area contributed by atoms with Crippen molar-refractivity contribution in [3.8, 4) is 0 Å². The Balaban J connectivity index is 0.00000126. The minimum absolute atomic E-state index is 0. The van der Waals surface area contributed by atoms with Crippen molar-refractivity contribution in [2.45, 2.75) is 114 Å². The zero-order chi connectivity index (χ0) is 33.8. The first kappa shape index (κ1) is 43.2. The first-order valence-electron chi connectivity index (χ1n) is 18.6. The molecule has 1 saturated heterocycles. The van der Waals surface area contributed by atoms with Crippen LogP contribution in [0.3, 0.4) is 0 Å². The maximum absolute atomic E-state index is 6.08. The Labute approximate surface area is 322 Å². The van der Waals surface area contributed by atoms with Crippen molar-refractivity contribution >= 4 is 25.1 Å². The molecular formula is C43H67Cl2NOSiZr. The second-order valence-corrected chi connectivity index (χ2v) is 25.3. The molecule has 0 aromatic carbocycles. The van der Waals surface area contributed by atoms with Gasteiger partial charge in [0, 0.05) is 24.6 Å². The van der Waals surface area contributed by atoms with E-state index < -0.39 is 28.9 Å². The molecule has 6 rings (SSSR count). The second-order valence-electron chi connectivity index (χ2n) is 16.6. The fourth-order valence-electron chi connectivity index (χ4n) is 11.2. The Bertz CT molecular complexity index is 1250. The van der Waals surface area contributed by atoms with Crippen LogP contribution in [-0.4, -0.2) is 44.3 Å². The summed E-state index contributed by atoms with van der Waals surface area (Å²) in [5, 5.41) is 0. The summed E-state index contributed by atoms with van der Waals surface area (Å²) in [6.45, 7) is 16.8. The van der Waals surface area contributed by atoms with Crippen molar-refractivity contribution in [3.05, 3.63) is 99.9 Å². The number of hydrogen-bond acceptors (Lipinski definition) is 2. The Hall–Kier alpha value is -0.220. The van der Waals surface area contributed by atoms with E-state index in [0.717, 1.165) is 47.8 Å². The molecule has 2 nitrogen and oxygen atoms in total. The number of fused-ring (bicyclic) bond motifs is 6. The SMILES string of the molecule is C=CCCC1CC([Si](C)(CCCCCCOC(C)(C)C)C2C3C=CC=CC3C3C2C2C=C(C)C=CC2N3C)C2C=CC=CC12.[CH3-].[CH3-].[Cl][Zr+2][Cl]. The summed E-state index contributed by atoms with van der Waals surface area (Å²) in [5.74, 6) is 5.03. The molecule has 272 valence electrons. The number of ether oxygens (including phenoxy) is 1. The first-order chi connectivity index (χ1) is 22.6. The van der Waals surface area contributed by atoms with Gasteiger partial charge in [-0.05, 0) is 107 Å². The number of unbranched alkanes of at least 4 members (excludes halogenated alkanes) is 3. The Morgan fingerprint density at radius 1 is 0.918 bits per heavy atom. The van der Waals surface area contributed by atoms with Crippen molar-refractivity contribution in [2.75, 3.05) is 13.7 Å². The molecule has 0 amide bonds. The standard InChI is InChI=1S/C41H61NOSi.2CH3.2ClH.Zr/c1-8-9-18-30-28-37(32-20-13-12-19-31(30)32)44(7,26-17-11-10-16-25-43-41(3,4)5)40-34-22-15-14-21-33(34)39-38(40)35-27-29(2)23-24-36(35)42(39)6;;;;;/h8,12-15,19-24,27,30-40H,1,9-11,16-18,25-26,28H2,2-7H3;2*1H3;2*1H;/q;2*-1;;;+4/p-2. The van der Waals surface area contributed by atoms with Gasteiger partial charge in [-0.2, -0.15) is 0 Å². The van der Waals surface area contributed by atoms with Crippen LogP contribution in [0, 0.1) is 56.3 Å². The van der Waals surface area contributed by atoms with Crippen molar-refractivity contribution in [1.29, 1.82) is 0 Å². The summed E-state index contributed by atoms with van der Waals surface area (Å²) in [6, 6.07) is 2.71. The van der Waals surface area contributed by atoms with E-state index in [9.17, 15) is 0 Å². The molecule has 0 aromatic heterocycles.